The van der Waals surface area contributed by atoms with E-state index in [1.54, 1.807) is 26.2 Å². The number of nitrogens with zero attached hydrogens (tertiary/aromatic N) is 2. The summed E-state index contributed by atoms with van der Waals surface area (Å²) in [7, 11) is 1.80. The van der Waals surface area contributed by atoms with Crippen LogP contribution in [0.15, 0.2) is 24.3 Å². The van der Waals surface area contributed by atoms with Gasteiger partial charge in [0.05, 0.1) is 18.8 Å². The molecule has 2 N–H and O–H groups in total. The first kappa shape index (κ1) is 24.5. The van der Waals surface area contributed by atoms with Crippen molar-refractivity contribution in [2.45, 2.75) is 57.6 Å². The van der Waals surface area contributed by atoms with Crippen molar-refractivity contribution in [1.82, 2.24) is 9.80 Å². The number of halogens is 1. The van der Waals surface area contributed by atoms with Crippen LogP contribution < -0.4 is 5.32 Å². The number of amides is 3. The van der Waals surface area contributed by atoms with Gasteiger partial charge in [-0.1, -0.05) is 6.07 Å². The summed E-state index contributed by atoms with van der Waals surface area (Å²) in [6, 6.07) is 5.62. The van der Waals surface area contributed by atoms with E-state index in [1.807, 2.05) is 9.80 Å². The lowest BCUT2D eigenvalue weighted by Crippen LogP contribution is -2.63. The predicted octanol–water partition coefficient (Wildman–Crippen LogP) is 3.73. The predicted molar refractivity (Wildman–Crippen MR) is 130 cm³/mol. The number of hydrogen-bond acceptors (Lipinski definition) is 4. The molecule has 1 spiro atoms. The number of rotatable bonds is 3. The van der Waals surface area contributed by atoms with Gasteiger partial charge in [-0.15, -0.1) is 0 Å². The Kier molecular flexibility index (Phi) is 6.79. The summed E-state index contributed by atoms with van der Waals surface area (Å²) in [5, 5.41) is 13.2. The standard InChI is InChI=1S/C27H38FN3O4/c1-17(33)31-16-27(8-10-30(11-9-27)26(34)29-20-5-3-4-19(28)14-20)25-22-7-6-21(35-2)12-18(22)13-23(25)24(31)15-32/h3-5,14,18,21-25,32H,6-13,15-16H2,1-2H3,(H,29,34)/t18?,21?,22?,23?,24-,25?/m0/s1. The zero-order valence-corrected chi connectivity index (χ0v) is 20.8. The highest BCUT2D eigenvalue weighted by atomic mass is 19.1. The highest BCUT2D eigenvalue weighted by molar-refractivity contribution is 5.89. The number of carbonyl (C=O) groups excluding carboxylic acids is 2. The Hall–Kier alpha value is -2.19. The third-order valence-electron chi connectivity index (χ3n) is 9.62. The monoisotopic (exact) mass is 487 g/mol. The minimum atomic E-state index is -0.379. The van der Waals surface area contributed by atoms with E-state index in [4.69, 9.17) is 4.74 Å². The second-order valence-corrected chi connectivity index (χ2v) is 11.2. The van der Waals surface area contributed by atoms with Crippen molar-refractivity contribution in [3.8, 4) is 0 Å². The van der Waals surface area contributed by atoms with Crippen molar-refractivity contribution >= 4 is 17.6 Å². The number of hydrogen-bond donors (Lipinski definition) is 2. The van der Waals surface area contributed by atoms with Crippen molar-refractivity contribution in [2.24, 2.45) is 29.1 Å². The Balaban J connectivity index is 1.36. The summed E-state index contributed by atoms with van der Waals surface area (Å²) in [4.78, 5) is 29.4. The van der Waals surface area contributed by atoms with E-state index in [1.165, 1.54) is 12.1 Å². The highest BCUT2D eigenvalue weighted by Crippen LogP contribution is 2.62. The molecule has 1 aromatic carbocycles. The van der Waals surface area contributed by atoms with Crippen LogP contribution in [0.5, 0.6) is 0 Å². The van der Waals surface area contributed by atoms with Gasteiger partial charge in [-0.2, -0.15) is 0 Å². The third kappa shape index (κ3) is 4.44. The Bertz CT molecular complexity index is 950. The van der Waals surface area contributed by atoms with Crippen molar-refractivity contribution in [3.05, 3.63) is 30.1 Å². The van der Waals surface area contributed by atoms with Gasteiger partial charge in [-0.3, -0.25) is 4.79 Å². The fraction of sp³-hybridized carbons (Fsp3) is 0.704. The van der Waals surface area contributed by atoms with Crippen LogP contribution >= 0.6 is 0 Å². The largest absolute Gasteiger partial charge is 0.394 e. The summed E-state index contributed by atoms with van der Waals surface area (Å²) in [6.07, 6.45) is 6.28. The van der Waals surface area contributed by atoms with Gasteiger partial charge in [0, 0.05) is 39.4 Å². The number of aliphatic hydroxyl groups excluding tert-OH is 1. The molecule has 5 unspecified atom stereocenters. The third-order valence-corrected chi connectivity index (χ3v) is 9.62. The number of nitrogens with one attached hydrogen (secondary N) is 1. The number of likely N-dealkylation sites (tertiary alicyclic amines) is 2. The van der Waals surface area contributed by atoms with E-state index >= 15 is 0 Å². The second kappa shape index (κ2) is 9.69. The summed E-state index contributed by atoms with van der Waals surface area (Å²) in [5.74, 6) is 1.54. The smallest absolute Gasteiger partial charge is 0.321 e. The lowest BCUT2D eigenvalue weighted by molar-refractivity contribution is -0.151. The van der Waals surface area contributed by atoms with E-state index in [-0.39, 0.29) is 41.7 Å². The quantitative estimate of drug-likeness (QED) is 0.681. The van der Waals surface area contributed by atoms with Crippen LogP contribution in [0.4, 0.5) is 14.9 Å². The van der Waals surface area contributed by atoms with E-state index in [0.29, 0.717) is 49.2 Å². The zero-order chi connectivity index (χ0) is 24.7. The number of urea groups is 1. The summed E-state index contributed by atoms with van der Waals surface area (Å²) < 4.78 is 19.3. The average Bonchev–Trinajstić information content (AvgIpc) is 3.24. The molecule has 2 aliphatic heterocycles. The van der Waals surface area contributed by atoms with Crippen molar-refractivity contribution < 1.29 is 23.8 Å². The Labute approximate surface area is 207 Å². The SMILES string of the molecule is COC1CCC2C(C1)CC1C2C2(CCN(C(=O)Nc3cccc(F)c3)CC2)CN(C(C)=O)[C@H]1CO. The maximum absolute atomic E-state index is 13.5. The van der Waals surface area contributed by atoms with Crippen LogP contribution in [-0.2, 0) is 9.53 Å². The molecule has 0 radical (unpaired) electrons. The summed E-state index contributed by atoms with van der Waals surface area (Å²) in [5.41, 5.74) is 0.409. The Morgan fingerprint density at radius 3 is 2.63 bits per heavy atom. The molecule has 35 heavy (non-hydrogen) atoms. The van der Waals surface area contributed by atoms with Crippen LogP contribution in [0.1, 0.15) is 45.4 Å². The minimum Gasteiger partial charge on any atom is -0.394 e. The molecule has 2 aliphatic carbocycles. The topological polar surface area (TPSA) is 82.1 Å². The fourth-order valence-corrected chi connectivity index (χ4v) is 8.11. The molecule has 1 aromatic rings. The fourth-order valence-electron chi connectivity index (χ4n) is 8.11. The first-order chi connectivity index (χ1) is 16.8. The lowest BCUT2D eigenvalue weighted by atomic mass is 9.57. The van der Waals surface area contributed by atoms with E-state index < -0.39 is 0 Å². The zero-order valence-electron chi connectivity index (χ0n) is 20.8. The van der Waals surface area contributed by atoms with E-state index in [0.717, 1.165) is 38.5 Å². The number of methoxy groups -OCH3 is 1. The molecule has 6 atom stereocenters. The number of piperidine rings is 2. The van der Waals surface area contributed by atoms with Crippen LogP contribution in [0.2, 0.25) is 0 Å². The molecule has 8 heteroatoms. The average molecular weight is 488 g/mol. The molecule has 5 rings (SSSR count). The molecular formula is C27H38FN3O4. The van der Waals surface area contributed by atoms with Crippen LogP contribution in [0.25, 0.3) is 0 Å². The van der Waals surface area contributed by atoms with E-state index in [2.05, 4.69) is 5.32 Å². The molecule has 2 saturated heterocycles. The van der Waals surface area contributed by atoms with Crippen LogP contribution in [-0.4, -0.2) is 72.3 Å². The number of ether oxygens (including phenoxy) is 1. The molecule has 4 fully saturated rings. The molecular weight excluding hydrogens is 449 g/mol. The van der Waals surface area contributed by atoms with Crippen LogP contribution in [0.3, 0.4) is 0 Å². The number of carbonyl (C=O) groups is 2. The minimum absolute atomic E-state index is 0.00609. The van der Waals surface area contributed by atoms with Gasteiger partial charge in [0.1, 0.15) is 5.82 Å². The number of aliphatic hydroxyl groups is 1. The number of benzene rings is 1. The van der Waals surface area contributed by atoms with Gasteiger partial charge in [0.2, 0.25) is 5.91 Å². The molecule has 7 nitrogen and oxygen atoms in total. The van der Waals surface area contributed by atoms with Crippen molar-refractivity contribution in [3.63, 3.8) is 0 Å². The summed E-state index contributed by atoms with van der Waals surface area (Å²) >= 11 is 0. The Morgan fingerprint density at radius 2 is 1.97 bits per heavy atom. The molecule has 3 amide bonds. The van der Waals surface area contributed by atoms with E-state index in [9.17, 15) is 19.1 Å². The first-order valence-corrected chi connectivity index (χ1v) is 13.1. The molecule has 192 valence electrons. The Morgan fingerprint density at radius 1 is 1.20 bits per heavy atom. The van der Waals surface area contributed by atoms with Gasteiger partial charge in [0.25, 0.3) is 0 Å². The van der Waals surface area contributed by atoms with Crippen molar-refractivity contribution in [1.29, 1.82) is 0 Å². The molecule has 2 heterocycles. The maximum atomic E-state index is 13.5. The summed E-state index contributed by atoms with van der Waals surface area (Å²) in [6.45, 7) is 3.49. The van der Waals surface area contributed by atoms with Gasteiger partial charge < -0.3 is 25.0 Å². The van der Waals surface area contributed by atoms with Gasteiger partial charge in [-0.05, 0) is 85.8 Å². The van der Waals surface area contributed by atoms with Gasteiger partial charge in [0.15, 0.2) is 0 Å². The number of fused-ring (bicyclic) bond motifs is 4. The lowest BCUT2D eigenvalue weighted by Gasteiger charge is -2.58. The normalized spacial score (nSPS) is 33.8. The van der Waals surface area contributed by atoms with Crippen molar-refractivity contribution in [2.75, 3.05) is 38.7 Å². The maximum Gasteiger partial charge on any atom is 0.321 e. The first-order valence-electron chi connectivity index (χ1n) is 13.1. The van der Waals surface area contributed by atoms with Gasteiger partial charge in [-0.25, -0.2) is 9.18 Å². The molecule has 0 aromatic heterocycles. The second-order valence-electron chi connectivity index (χ2n) is 11.2. The number of anilines is 1. The van der Waals surface area contributed by atoms with Gasteiger partial charge >= 0.3 is 6.03 Å². The van der Waals surface area contributed by atoms with Crippen LogP contribution in [0, 0.1) is 34.9 Å². The molecule has 0 bridgehead atoms. The molecule has 2 saturated carbocycles. The highest BCUT2D eigenvalue weighted by Gasteiger charge is 2.61. The molecule has 4 aliphatic rings.